The Morgan fingerprint density at radius 1 is 1.09 bits per heavy atom. The van der Waals surface area contributed by atoms with Gasteiger partial charge in [0.2, 0.25) is 5.88 Å². The molecule has 0 aliphatic rings. The second-order valence-corrected chi connectivity index (χ2v) is 5.30. The molecule has 3 rings (SSSR count). The zero-order valence-corrected chi connectivity index (χ0v) is 13.2. The third-order valence-electron chi connectivity index (χ3n) is 2.88. The van der Waals surface area contributed by atoms with E-state index in [4.69, 9.17) is 33.7 Å². The maximum atomic E-state index is 6.06. The van der Waals surface area contributed by atoms with E-state index in [1.54, 1.807) is 42.7 Å². The van der Waals surface area contributed by atoms with E-state index in [1.807, 2.05) is 0 Å². The summed E-state index contributed by atoms with van der Waals surface area (Å²) >= 11 is 11.9. The van der Waals surface area contributed by atoms with Crippen LogP contribution in [0.25, 0.3) is 0 Å². The zero-order chi connectivity index (χ0) is 16.2. The van der Waals surface area contributed by atoms with Crippen LogP contribution in [0.4, 0.5) is 17.2 Å². The van der Waals surface area contributed by atoms with Gasteiger partial charge in [-0.05, 0) is 30.3 Å². The van der Waals surface area contributed by atoms with Crippen LogP contribution in [0.3, 0.4) is 0 Å². The number of hydrogen-bond donors (Lipinski definition) is 2. The first-order valence-corrected chi connectivity index (χ1v) is 7.29. The highest BCUT2D eigenvalue weighted by Crippen LogP contribution is 2.32. The molecule has 3 aromatic rings. The number of nitrogens with one attached hydrogen (secondary N) is 1. The lowest BCUT2D eigenvalue weighted by molar-refractivity contribution is 0.462. The lowest BCUT2D eigenvalue weighted by Crippen LogP contribution is -2.03. The number of halogens is 2. The molecule has 0 fully saturated rings. The minimum atomic E-state index is 0.232. The quantitative estimate of drug-likeness (QED) is 0.731. The normalized spacial score (nSPS) is 10.3. The van der Waals surface area contributed by atoms with Crippen LogP contribution in [0.5, 0.6) is 11.6 Å². The Kier molecular flexibility index (Phi) is 4.45. The average molecular weight is 348 g/mol. The summed E-state index contributed by atoms with van der Waals surface area (Å²) < 4.78 is 5.60. The monoisotopic (exact) mass is 347 g/mol. The molecule has 3 N–H and O–H groups in total. The van der Waals surface area contributed by atoms with Gasteiger partial charge in [-0.1, -0.05) is 23.2 Å². The third-order valence-corrected chi connectivity index (χ3v) is 3.62. The number of nitrogen functional groups attached to an aromatic ring is 1. The minimum Gasteiger partial charge on any atom is -0.435 e. The molecular formula is C15H11Cl2N5O. The van der Waals surface area contributed by atoms with Gasteiger partial charge >= 0.3 is 0 Å². The minimum absolute atomic E-state index is 0.232. The molecule has 0 aliphatic heterocycles. The van der Waals surface area contributed by atoms with E-state index in [9.17, 15) is 0 Å². The van der Waals surface area contributed by atoms with Gasteiger partial charge in [-0.2, -0.15) is 4.98 Å². The molecule has 0 radical (unpaired) electrons. The van der Waals surface area contributed by atoms with Gasteiger partial charge in [0.15, 0.2) is 5.82 Å². The van der Waals surface area contributed by atoms with Crippen LogP contribution >= 0.6 is 23.2 Å². The lowest BCUT2D eigenvalue weighted by atomic mass is 10.3. The highest BCUT2D eigenvalue weighted by Gasteiger charge is 2.11. The first-order valence-electron chi connectivity index (χ1n) is 6.54. The fraction of sp³-hybridized carbons (Fsp3) is 0. The molecule has 0 amide bonds. The van der Waals surface area contributed by atoms with Crippen molar-refractivity contribution in [2.45, 2.75) is 0 Å². The molecule has 2 heterocycles. The second kappa shape index (κ2) is 6.68. The number of anilines is 3. The standard InChI is InChI=1S/C15H11Cl2N5O/c16-11-4-3-9(6-12(11)17)22-14-13(18)15(21-8-20-14)23-10-2-1-5-19-7-10/h1-8H,18H2,(H,20,21,22). The van der Waals surface area contributed by atoms with Crippen molar-refractivity contribution >= 4 is 40.4 Å². The predicted octanol–water partition coefficient (Wildman–Crippen LogP) is 4.30. The summed E-state index contributed by atoms with van der Waals surface area (Å²) in [5.41, 5.74) is 7.01. The van der Waals surface area contributed by atoms with Crippen LogP contribution in [0.2, 0.25) is 10.0 Å². The highest BCUT2D eigenvalue weighted by molar-refractivity contribution is 6.42. The number of nitrogens with zero attached hydrogens (tertiary/aromatic N) is 3. The maximum Gasteiger partial charge on any atom is 0.248 e. The number of benzene rings is 1. The molecule has 0 unspecified atom stereocenters. The Hall–Kier alpha value is -2.57. The van der Waals surface area contributed by atoms with Crippen molar-refractivity contribution in [3.63, 3.8) is 0 Å². The summed E-state index contributed by atoms with van der Waals surface area (Å²) in [6, 6.07) is 8.61. The molecule has 0 atom stereocenters. The van der Waals surface area contributed by atoms with Crippen LogP contribution in [0.1, 0.15) is 0 Å². The molecule has 0 aliphatic carbocycles. The van der Waals surface area contributed by atoms with Gasteiger partial charge in [0.05, 0.1) is 16.2 Å². The molecule has 6 nitrogen and oxygen atoms in total. The average Bonchev–Trinajstić information content (AvgIpc) is 2.56. The van der Waals surface area contributed by atoms with Gasteiger partial charge < -0.3 is 15.8 Å². The van der Waals surface area contributed by atoms with Crippen LogP contribution in [-0.4, -0.2) is 15.0 Å². The summed E-state index contributed by atoms with van der Waals surface area (Å²) in [4.78, 5) is 12.1. The van der Waals surface area contributed by atoms with Gasteiger partial charge in [-0.3, -0.25) is 4.98 Å². The number of pyridine rings is 1. The van der Waals surface area contributed by atoms with E-state index in [1.165, 1.54) is 6.33 Å². The molecule has 8 heteroatoms. The summed E-state index contributed by atoms with van der Waals surface area (Å²) in [6.45, 7) is 0. The first-order chi connectivity index (χ1) is 11.1. The van der Waals surface area contributed by atoms with Crippen LogP contribution in [0.15, 0.2) is 49.1 Å². The Balaban J connectivity index is 1.86. The van der Waals surface area contributed by atoms with E-state index < -0.39 is 0 Å². The molecule has 116 valence electrons. The molecule has 23 heavy (non-hydrogen) atoms. The van der Waals surface area contributed by atoms with Crippen LogP contribution in [-0.2, 0) is 0 Å². The van der Waals surface area contributed by atoms with E-state index in [0.29, 0.717) is 27.3 Å². The smallest absolute Gasteiger partial charge is 0.248 e. The molecule has 2 aromatic heterocycles. The van der Waals surface area contributed by atoms with Crippen molar-refractivity contribution in [1.29, 1.82) is 0 Å². The fourth-order valence-electron chi connectivity index (χ4n) is 1.79. The third kappa shape index (κ3) is 3.61. The highest BCUT2D eigenvalue weighted by atomic mass is 35.5. The van der Waals surface area contributed by atoms with Crippen LogP contribution in [0, 0.1) is 0 Å². The molecule has 0 spiro atoms. The Bertz CT molecular complexity index is 829. The first kappa shape index (κ1) is 15.3. The number of rotatable bonds is 4. The van der Waals surface area contributed by atoms with E-state index in [2.05, 4.69) is 20.3 Å². The predicted molar refractivity (Wildman–Crippen MR) is 90.5 cm³/mol. The summed E-state index contributed by atoms with van der Waals surface area (Å²) in [5, 5.41) is 3.94. The van der Waals surface area contributed by atoms with Crippen LogP contribution < -0.4 is 15.8 Å². The Morgan fingerprint density at radius 3 is 2.70 bits per heavy atom. The van der Waals surface area contributed by atoms with Crippen molar-refractivity contribution in [2.24, 2.45) is 0 Å². The van der Waals surface area contributed by atoms with Crippen molar-refractivity contribution in [3.05, 3.63) is 59.1 Å². The summed E-state index contributed by atoms with van der Waals surface area (Å²) in [7, 11) is 0. The SMILES string of the molecule is Nc1c(Nc2ccc(Cl)c(Cl)c2)ncnc1Oc1cccnc1. The molecule has 1 aromatic carbocycles. The van der Waals surface area contributed by atoms with E-state index in [0.717, 1.165) is 0 Å². The fourth-order valence-corrected chi connectivity index (χ4v) is 2.09. The molecule has 0 bridgehead atoms. The summed E-state index contributed by atoms with van der Waals surface area (Å²) in [5.74, 6) is 1.16. The summed E-state index contributed by atoms with van der Waals surface area (Å²) in [6.07, 6.45) is 4.56. The van der Waals surface area contributed by atoms with Gasteiger partial charge in [0.1, 0.15) is 17.8 Å². The Labute approximate surface area is 142 Å². The largest absolute Gasteiger partial charge is 0.435 e. The van der Waals surface area contributed by atoms with Gasteiger partial charge in [0.25, 0.3) is 0 Å². The van der Waals surface area contributed by atoms with Crippen molar-refractivity contribution in [3.8, 4) is 11.6 Å². The van der Waals surface area contributed by atoms with Gasteiger partial charge in [-0.25, -0.2) is 4.98 Å². The number of nitrogens with two attached hydrogens (primary N) is 1. The molecular weight excluding hydrogens is 337 g/mol. The lowest BCUT2D eigenvalue weighted by Gasteiger charge is -2.12. The van der Waals surface area contributed by atoms with Crippen molar-refractivity contribution in [2.75, 3.05) is 11.1 Å². The number of hydrogen-bond acceptors (Lipinski definition) is 6. The van der Waals surface area contributed by atoms with Crippen molar-refractivity contribution < 1.29 is 4.74 Å². The number of aromatic nitrogens is 3. The second-order valence-electron chi connectivity index (χ2n) is 4.49. The zero-order valence-electron chi connectivity index (χ0n) is 11.7. The van der Waals surface area contributed by atoms with E-state index in [-0.39, 0.29) is 11.6 Å². The van der Waals surface area contributed by atoms with Gasteiger partial charge in [-0.15, -0.1) is 0 Å². The number of ether oxygens (including phenoxy) is 1. The molecule has 0 saturated heterocycles. The van der Waals surface area contributed by atoms with Gasteiger partial charge in [0, 0.05) is 11.9 Å². The van der Waals surface area contributed by atoms with E-state index >= 15 is 0 Å². The van der Waals surface area contributed by atoms with Crippen molar-refractivity contribution in [1.82, 2.24) is 15.0 Å². The molecule has 0 saturated carbocycles. The Morgan fingerprint density at radius 2 is 1.96 bits per heavy atom. The topological polar surface area (TPSA) is 86.0 Å². The maximum absolute atomic E-state index is 6.06.